The number of carbonyl (C=O) groups excluding carboxylic acids is 2. The van der Waals surface area contributed by atoms with Crippen LogP contribution in [0.1, 0.15) is 35.0 Å². The second-order valence-corrected chi connectivity index (χ2v) is 7.65. The summed E-state index contributed by atoms with van der Waals surface area (Å²) in [5.74, 6) is -0.911. The number of carbonyl (C=O) groups is 2. The Balaban J connectivity index is 1.52. The minimum absolute atomic E-state index is 0.0115. The molecule has 8 heteroatoms. The quantitative estimate of drug-likeness (QED) is 0.645. The molecule has 0 saturated carbocycles. The molecule has 1 fully saturated rings. The highest BCUT2D eigenvalue weighted by Crippen LogP contribution is 2.26. The number of esters is 1. The first-order valence-corrected chi connectivity index (χ1v) is 10.0. The zero-order valence-electron chi connectivity index (χ0n) is 15.5. The number of aromatic nitrogens is 2. The summed E-state index contributed by atoms with van der Waals surface area (Å²) in [5.41, 5.74) is 1.94. The van der Waals surface area contributed by atoms with Crippen molar-refractivity contribution in [3.63, 3.8) is 0 Å². The average Bonchev–Trinajstić information content (AvgIpc) is 3.44. The second-order valence-electron chi connectivity index (χ2n) is 6.70. The van der Waals surface area contributed by atoms with Crippen LogP contribution in [0, 0.1) is 0 Å². The molecule has 0 radical (unpaired) electrons. The summed E-state index contributed by atoms with van der Waals surface area (Å²) in [4.78, 5) is 29.6. The van der Waals surface area contributed by atoms with Crippen LogP contribution in [-0.4, -0.2) is 40.7 Å². The molecule has 4 heterocycles. The standard InChI is InChI=1S/C20H21N3O4S/c1-23-15-6-10-28-17(15)11-16(23)20(25)27-18(13-4-7-21-8-5-13)19(24)22-12-14-3-2-9-26-14/h4-8,10-11,14,18H,2-3,9,12H2,1H3,(H,22,24)/t14-,18-/m1/s1. The lowest BCUT2D eigenvalue weighted by Gasteiger charge is -2.19. The van der Waals surface area contributed by atoms with Crippen LogP contribution in [0.15, 0.2) is 42.0 Å². The number of nitrogens with one attached hydrogen (secondary N) is 1. The van der Waals surface area contributed by atoms with Crippen LogP contribution >= 0.6 is 11.3 Å². The number of amides is 1. The van der Waals surface area contributed by atoms with Crippen molar-refractivity contribution in [2.24, 2.45) is 7.05 Å². The lowest BCUT2D eigenvalue weighted by Crippen LogP contribution is -2.37. The maximum absolute atomic E-state index is 12.8. The normalized spacial score (nSPS) is 17.5. The van der Waals surface area contributed by atoms with Gasteiger partial charge < -0.3 is 19.4 Å². The smallest absolute Gasteiger partial charge is 0.356 e. The van der Waals surface area contributed by atoms with Crippen LogP contribution in [0.2, 0.25) is 0 Å². The molecule has 0 spiro atoms. The van der Waals surface area contributed by atoms with Crippen molar-refractivity contribution in [2.45, 2.75) is 25.0 Å². The minimum atomic E-state index is -1.05. The van der Waals surface area contributed by atoms with Crippen LogP contribution in [0.4, 0.5) is 0 Å². The van der Waals surface area contributed by atoms with E-state index in [9.17, 15) is 9.59 Å². The van der Waals surface area contributed by atoms with E-state index in [0.717, 1.165) is 23.1 Å². The summed E-state index contributed by atoms with van der Waals surface area (Å²) in [5, 5.41) is 4.82. The number of hydrogen-bond donors (Lipinski definition) is 1. The SMILES string of the molecule is Cn1c(C(=O)O[C@@H](C(=O)NC[C@H]2CCCO2)c2ccncc2)cc2sccc21. The van der Waals surface area contributed by atoms with Crippen molar-refractivity contribution >= 4 is 33.4 Å². The van der Waals surface area contributed by atoms with Gasteiger partial charge >= 0.3 is 5.97 Å². The number of thiophene rings is 1. The summed E-state index contributed by atoms with van der Waals surface area (Å²) >= 11 is 1.55. The fourth-order valence-electron chi connectivity index (χ4n) is 3.34. The van der Waals surface area contributed by atoms with E-state index >= 15 is 0 Å². The molecule has 7 nitrogen and oxygen atoms in total. The Bertz CT molecular complexity index is 976. The van der Waals surface area contributed by atoms with Gasteiger partial charge in [-0.2, -0.15) is 0 Å². The van der Waals surface area contributed by atoms with Crippen molar-refractivity contribution in [3.8, 4) is 0 Å². The van der Waals surface area contributed by atoms with Crippen LogP contribution in [0.3, 0.4) is 0 Å². The fourth-order valence-corrected chi connectivity index (χ4v) is 4.19. The highest BCUT2D eigenvalue weighted by Gasteiger charge is 2.28. The van der Waals surface area contributed by atoms with Crippen molar-refractivity contribution in [1.29, 1.82) is 0 Å². The van der Waals surface area contributed by atoms with Gasteiger partial charge in [-0.3, -0.25) is 9.78 Å². The number of pyridine rings is 1. The van der Waals surface area contributed by atoms with Crippen molar-refractivity contribution in [2.75, 3.05) is 13.2 Å². The number of hydrogen-bond acceptors (Lipinski definition) is 6. The van der Waals surface area contributed by atoms with Gasteiger partial charge in [0, 0.05) is 38.2 Å². The van der Waals surface area contributed by atoms with Gasteiger partial charge in [0.1, 0.15) is 5.69 Å². The molecule has 1 aliphatic rings. The third kappa shape index (κ3) is 3.79. The highest BCUT2D eigenvalue weighted by atomic mass is 32.1. The molecule has 3 aromatic rings. The molecule has 1 aliphatic heterocycles. The maximum Gasteiger partial charge on any atom is 0.356 e. The summed E-state index contributed by atoms with van der Waals surface area (Å²) in [6.45, 7) is 1.12. The van der Waals surface area contributed by atoms with Gasteiger partial charge in [0.05, 0.1) is 16.3 Å². The Hall–Kier alpha value is -2.71. The van der Waals surface area contributed by atoms with Crippen LogP contribution in [-0.2, 0) is 21.3 Å². The monoisotopic (exact) mass is 399 g/mol. The van der Waals surface area contributed by atoms with E-state index in [0.29, 0.717) is 24.4 Å². The molecular formula is C20H21N3O4S. The number of nitrogens with zero attached hydrogens (tertiary/aromatic N) is 2. The maximum atomic E-state index is 12.8. The van der Waals surface area contributed by atoms with Crippen molar-refractivity contribution in [1.82, 2.24) is 14.9 Å². The molecule has 28 heavy (non-hydrogen) atoms. The number of fused-ring (bicyclic) bond motifs is 1. The Labute approximate surface area is 166 Å². The Kier molecular flexibility index (Phi) is 5.40. The first-order valence-electron chi connectivity index (χ1n) is 9.16. The van der Waals surface area contributed by atoms with E-state index in [4.69, 9.17) is 9.47 Å². The van der Waals surface area contributed by atoms with Crippen LogP contribution in [0.25, 0.3) is 10.2 Å². The van der Waals surface area contributed by atoms with Gasteiger partial charge in [0.15, 0.2) is 0 Å². The predicted octanol–water partition coefficient (Wildman–Crippen LogP) is 2.83. The van der Waals surface area contributed by atoms with Crippen molar-refractivity contribution in [3.05, 3.63) is 53.3 Å². The molecule has 146 valence electrons. The molecule has 1 saturated heterocycles. The molecule has 4 rings (SSSR count). The zero-order chi connectivity index (χ0) is 19.5. The average molecular weight is 399 g/mol. The highest BCUT2D eigenvalue weighted by molar-refractivity contribution is 7.17. The van der Waals surface area contributed by atoms with E-state index in [1.54, 1.807) is 46.5 Å². The first-order chi connectivity index (χ1) is 13.6. The summed E-state index contributed by atoms with van der Waals surface area (Å²) in [6.07, 6.45) is 4.01. The first kappa shape index (κ1) is 18.6. The molecule has 1 N–H and O–H groups in total. The Morgan fingerprint density at radius 1 is 1.39 bits per heavy atom. The van der Waals surface area contributed by atoms with Gasteiger partial charge in [0.25, 0.3) is 5.91 Å². The Morgan fingerprint density at radius 2 is 2.21 bits per heavy atom. The van der Waals surface area contributed by atoms with Crippen LogP contribution < -0.4 is 5.32 Å². The zero-order valence-corrected chi connectivity index (χ0v) is 16.3. The molecule has 1 amide bonds. The van der Waals surface area contributed by atoms with E-state index in [1.807, 2.05) is 18.5 Å². The third-order valence-electron chi connectivity index (χ3n) is 4.87. The van der Waals surface area contributed by atoms with E-state index in [1.165, 1.54) is 0 Å². The van der Waals surface area contributed by atoms with Gasteiger partial charge in [0.2, 0.25) is 6.10 Å². The Morgan fingerprint density at radius 3 is 2.93 bits per heavy atom. The topological polar surface area (TPSA) is 82.5 Å². The lowest BCUT2D eigenvalue weighted by atomic mass is 10.1. The molecule has 0 unspecified atom stereocenters. The van der Waals surface area contributed by atoms with Gasteiger partial charge in [-0.1, -0.05) is 0 Å². The minimum Gasteiger partial charge on any atom is -0.443 e. The van der Waals surface area contributed by atoms with Gasteiger partial charge in [-0.25, -0.2) is 4.79 Å². The lowest BCUT2D eigenvalue weighted by molar-refractivity contribution is -0.130. The molecule has 3 aromatic heterocycles. The molecular weight excluding hydrogens is 378 g/mol. The number of aryl methyl sites for hydroxylation is 1. The van der Waals surface area contributed by atoms with E-state index in [2.05, 4.69) is 10.3 Å². The third-order valence-corrected chi connectivity index (χ3v) is 5.73. The van der Waals surface area contributed by atoms with Crippen LogP contribution in [0.5, 0.6) is 0 Å². The summed E-state index contributed by atoms with van der Waals surface area (Å²) in [7, 11) is 1.81. The van der Waals surface area contributed by atoms with E-state index in [-0.39, 0.29) is 12.0 Å². The molecule has 0 aromatic carbocycles. The predicted molar refractivity (Wildman–Crippen MR) is 105 cm³/mol. The molecule has 0 aliphatic carbocycles. The molecule has 2 atom stereocenters. The number of rotatable bonds is 6. The largest absolute Gasteiger partial charge is 0.443 e. The van der Waals surface area contributed by atoms with Gasteiger partial charge in [-0.05, 0) is 42.5 Å². The summed E-state index contributed by atoms with van der Waals surface area (Å²) in [6, 6.07) is 7.09. The van der Waals surface area contributed by atoms with E-state index < -0.39 is 12.1 Å². The second kappa shape index (κ2) is 8.12. The number of ether oxygens (including phenoxy) is 2. The molecule has 0 bridgehead atoms. The van der Waals surface area contributed by atoms with Crippen molar-refractivity contribution < 1.29 is 19.1 Å². The summed E-state index contributed by atoms with van der Waals surface area (Å²) < 4.78 is 14.0. The van der Waals surface area contributed by atoms with Gasteiger partial charge in [-0.15, -0.1) is 11.3 Å². The fraction of sp³-hybridized carbons (Fsp3) is 0.350.